The molecule has 53 heavy (non-hydrogen) atoms. The number of hydrogen-bond donors (Lipinski definition) is 6. The molecule has 0 spiro atoms. The number of phenolic OH excluding ortho intramolecular Hbond substituents is 4. The van der Waals surface area contributed by atoms with Gasteiger partial charge in [-0.25, -0.2) is 0 Å². The minimum absolute atomic E-state index is 0.000880. The van der Waals surface area contributed by atoms with Crippen LogP contribution >= 0.6 is 0 Å². The zero-order chi connectivity index (χ0) is 39.4. The van der Waals surface area contributed by atoms with Crippen molar-refractivity contribution in [2.75, 3.05) is 0 Å². The first-order valence-electron chi connectivity index (χ1n) is 19.7. The van der Waals surface area contributed by atoms with E-state index in [0.29, 0.717) is 23.0 Å². The number of nitrogens with one attached hydrogen (secondary N) is 1. The maximum Gasteiger partial charge on any atom is 0.217 e. The molecule has 0 bridgehead atoms. The summed E-state index contributed by atoms with van der Waals surface area (Å²) in [4.78, 5) is 39.0. The number of nitrogens with two attached hydrogens (primary N) is 1. The summed E-state index contributed by atoms with van der Waals surface area (Å²) in [7, 11) is 0. The number of carbonyl (C=O) groups excluding carboxylic acids is 3. The van der Waals surface area contributed by atoms with E-state index in [1.54, 1.807) is 0 Å². The van der Waals surface area contributed by atoms with Crippen molar-refractivity contribution in [3.63, 3.8) is 0 Å². The van der Waals surface area contributed by atoms with Crippen LogP contribution in [-0.2, 0) is 4.79 Å². The molecule has 4 aliphatic carbocycles. The molecule has 9 heteroatoms. The second-order valence-corrected chi connectivity index (χ2v) is 19.1. The normalized spacial score (nSPS) is 35.7. The Morgan fingerprint density at radius 3 is 1.40 bits per heavy atom. The Labute approximate surface area is 316 Å². The summed E-state index contributed by atoms with van der Waals surface area (Å²) in [6, 6.07) is 8.20. The molecule has 7 N–H and O–H groups in total. The molecule has 292 valence electrons. The summed E-state index contributed by atoms with van der Waals surface area (Å²) in [5, 5.41) is 42.5. The molecule has 10 atom stereocenters. The highest BCUT2D eigenvalue weighted by atomic mass is 16.3. The molecule has 0 heterocycles. The number of ketones is 2. The van der Waals surface area contributed by atoms with Gasteiger partial charge in [0.05, 0.1) is 0 Å². The Bertz CT molecular complexity index is 1680. The Kier molecular flexibility index (Phi) is 11.2. The summed E-state index contributed by atoms with van der Waals surface area (Å²) < 4.78 is 0. The molecule has 0 unspecified atom stereocenters. The Morgan fingerprint density at radius 1 is 0.623 bits per heavy atom. The van der Waals surface area contributed by atoms with Gasteiger partial charge in [-0.15, -0.1) is 0 Å². The molecular formula is C44H64N2O7. The first-order valence-corrected chi connectivity index (χ1v) is 19.7. The topological polar surface area (TPSA) is 170 Å². The number of fused-ring (bicyclic) bond motifs is 2. The zero-order valence-corrected chi connectivity index (χ0v) is 33.3. The van der Waals surface area contributed by atoms with E-state index >= 15 is 0 Å². The van der Waals surface area contributed by atoms with Gasteiger partial charge in [-0.3, -0.25) is 14.4 Å². The lowest BCUT2D eigenvalue weighted by molar-refractivity contribution is -0.125. The van der Waals surface area contributed by atoms with Gasteiger partial charge >= 0.3 is 0 Å². The van der Waals surface area contributed by atoms with E-state index in [1.807, 2.05) is 0 Å². The van der Waals surface area contributed by atoms with E-state index in [9.17, 15) is 34.8 Å². The van der Waals surface area contributed by atoms with Crippen LogP contribution in [0.25, 0.3) is 0 Å². The van der Waals surface area contributed by atoms with E-state index in [0.717, 1.165) is 44.9 Å². The monoisotopic (exact) mass is 732 g/mol. The highest BCUT2D eigenvalue weighted by Gasteiger charge is 2.59. The predicted octanol–water partition coefficient (Wildman–Crippen LogP) is 8.37. The number of aromatic hydroxyl groups is 4. The predicted molar refractivity (Wildman–Crippen MR) is 207 cm³/mol. The zero-order valence-electron chi connectivity index (χ0n) is 33.3. The third-order valence-corrected chi connectivity index (χ3v) is 14.7. The number of phenols is 4. The summed E-state index contributed by atoms with van der Waals surface area (Å²) in [6.45, 7) is 19.3. The summed E-state index contributed by atoms with van der Waals surface area (Å²) in [5.41, 5.74) is 7.17. The first-order chi connectivity index (χ1) is 24.5. The Hall–Kier alpha value is -3.59. The van der Waals surface area contributed by atoms with Crippen LogP contribution in [0.15, 0.2) is 36.4 Å². The molecule has 2 aromatic rings. The molecular weight excluding hydrogens is 668 g/mol. The first kappa shape index (κ1) is 40.6. The second-order valence-electron chi connectivity index (χ2n) is 19.1. The van der Waals surface area contributed by atoms with Gasteiger partial charge in [0.15, 0.2) is 11.6 Å². The quantitative estimate of drug-likeness (QED) is 0.167. The van der Waals surface area contributed by atoms with Crippen molar-refractivity contribution in [1.29, 1.82) is 0 Å². The van der Waals surface area contributed by atoms with Crippen LogP contribution in [0.1, 0.15) is 134 Å². The van der Waals surface area contributed by atoms with Crippen LogP contribution in [0.5, 0.6) is 23.0 Å². The molecule has 1 amide bonds. The van der Waals surface area contributed by atoms with Gasteiger partial charge in [0, 0.05) is 54.1 Å². The van der Waals surface area contributed by atoms with Crippen molar-refractivity contribution >= 4 is 17.5 Å². The fourth-order valence-electron chi connectivity index (χ4n) is 12.3. The fraction of sp³-hybridized carbons (Fsp3) is 0.659. The van der Waals surface area contributed by atoms with Crippen LogP contribution in [0.4, 0.5) is 0 Å². The van der Waals surface area contributed by atoms with Gasteiger partial charge in [0.1, 0.15) is 23.0 Å². The summed E-state index contributed by atoms with van der Waals surface area (Å²) in [6.07, 6.45) is 8.31. The van der Waals surface area contributed by atoms with E-state index in [2.05, 4.69) is 60.7 Å². The maximum absolute atomic E-state index is 13.7. The number of Topliss-reactive ketones (excluding diaryl/α,β-unsaturated/α-hetero) is 2. The summed E-state index contributed by atoms with van der Waals surface area (Å²) in [5.74, 6) is -0.251. The molecule has 9 nitrogen and oxygen atoms in total. The Morgan fingerprint density at radius 2 is 1.00 bits per heavy atom. The lowest BCUT2D eigenvalue weighted by Crippen LogP contribution is -2.60. The third-order valence-electron chi connectivity index (χ3n) is 14.7. The van der Waals surface area contributed by atoms with Crippen LogP contribution in [0.3, 0.4) is 0 Å². The van der Waals surface area contributed by atoms with E-state index < -0.39 is 0 Å². The van der Waals surface area contributed by atoms with Gasteiger partial charge in [-0.05, 0) is 108 Å². The molecule has 0 aromatic heterocycles. The van der Waals surface area contributed by atoms with Gasteiger partial charge in [-0.1, -0.05) is 68.2 Å². The molecule has 4 fully saturated rings. The van der Waals surface area contributed by atoms with Crippen molar-refractivity contribution in [1.82, 2.24) is 5.32 Å². The smallest absolute Gasteiger partial charge is 0.217 e. The largest absolute Gasteiger partial charge is 0.508 e. The van der Waals surface area contributed by atoms with Crippen LogP contribution in [-0.4, -0.2) is 50.0 Å². The molecule has 6 rings (SSSR count). The SMILES string of the molecule is CC(=O)N[C@@H]1C[C@H]2C(C)(C)CCC[C@]2(C)[C@@H](C(=O)c2cc(O)cc(O)c2)[C@@H]1C.C[C@@H]1[C@H](N)C[C@H]2C(C)(C)CCC[C@]2(C)[C@H]1C(=O)c1cc(O)cc(O)c1. The van der Waals surface area contributed by atoms with Gasteiger partial charge in [0.2, 0.25) is 5.91 Å². The minimum atomic E-state index is -0.288. The van der Waals surface area contributed by atoms with Crippen molar-refractivity contribution in [2.45, 2.75) is 126 Å². The lowest BCUT2D eigenvalue weighted by atomic mass is 9.45. The van der Waals surface area contributed by atoms with Gasteiger partial charge in [0.25, 0.3) is 0 Å². The molecule has 0 saturated heterocycles. The second kappa shape index (κ2) is 14.6. The molecule has 2 aromatic carbocycles. The van der Waals surface area contributed by atoms with Gasteiger partial charge < -0.3 is 31.5 Å². The maximum atomic E-state index is 13.7. The van der Waals surface area contributed by atoms with E-state index in [4.69, 9.17) is 5.73 Å². The number of benzene rings is 2. The molecule has 4 aliphatic rings. The number of hydrogen-bond acceptors (Lipinski definition) is 8. The average Bonchev–Trinajstić information content (AvgIpc) is 3.02. The van der Waals surface area contributed by atoms with Gasteiger partial charge in [-0.2, -0.15) is 0 Å². The molecule has 0 aliphatic heterocycles. The van der Waals surface area contributed by atoms with Crippen molar-refractivity contribution in [2.24, 2.45) is 62.9 Å². The highest BCUT2D eigenvalue weighted by Crippen LogP contribution is 2.63. The lowest BCUT2D eigenvalue weighted by Gasteiger charge is -2.60. The third kappa shape index (κ3) is 7.69. The standard InChI is InChI=1S/C23H33NO4.C21H31NO3/c1-13-18(24-14(2)25)12-19-22(3,4)7-6-8-23(19,5)20(13)21(28)15-9-16(26)11-17(27)10-15;1-12-16(22)11-17-20(2,3)6-5-7-21(17,4)18(12)19(25)13-8-14(23)10-15(24)9-13/h9-11,13,18-20,26-27H,6-8,12H2,1-5H3,(H,24,25);8-10,12,16-18,23-24H,5-7,11,22H2,1-4H3/t13-,18-,19+,20-,23+;12-,16-,17+,18-,21+/m11/s1. The summed E-state index contributed by atoms with van der Waals surface area (Å²) >= 11 is 0. The van der Waals surface area contributed by atoms with Crippen LogP contribution < -0.4 is 11.1 Å². The van der Waals surface area contributed by atoms with Crippen molar-refractivity contribution in [3.05, 3.63) is 47.5 Å². The average molecular weight is 733 g/mol. The van der Waals surface area contributed by atoms with Crippen LogP contribution in [0, 0.1) is 57.2 Å². The number of carbonyl (C=O) groups is 3. The van der Waals surface area contributed by atoms with Crippen molar-refractivity contribution in [3.8, 4) is 23.0 Å². The number of amides is 1. The highest BCUT2D eigenvalue weighted by molar-refractivity contribution is 6.00. The fourth-order valence-corrected chi connectivity index (χ4v) is 12.3. The van der Waals surface area contributed by atoms with E-state index in [-0.39, 0.29) is 97.9 Å². The van der Waals surface area contributed by atoms with Crippen molar-refractivity contribution < 1.29 is 34.8 Å². The number of rotatable bonds is 5. The molecule has 0 radical (unpaired) electrons. The van der Waals surface area contributed by atoms with E-state index in [1.165, 1.54) is 49.7 Å². The minimum Gasteiger partial charge on any atom is -0.508 e. The van der Waals surface area contributed by atoms with Crippen LogP contribution in [0.2, 0.25) is 0 Å². The molecule has 4 saturated carbocycles. The Balaban J connectivity index is 0.000000206.